The standard InChI is InChI=1S/C37H26Cl2N2O5S/c1-3-45-36(43)31-33(22-11-5-4-6-12-22)40-37-41(34(31)30-24-13-8-7-10-21(24)16-18-28(30)44-2)35(42)29(47-37)20-23-17-19-27(46-23)25-14-9-15-26(38)32(25)39/h4-20,34H,3H2,1-2H3/b29-20-. The fraction of sp³-hybridized carbons (Fsp3) is 0.108. The molecule has 0 saturated carbocycles. The van der Waals surface area contributed by atoms with E-state index in [9.17, 15) is 9.59 Å². The fourth-order valence-corrected chi connectivity index (χ4v) is 7.22. The fourth-order valence-electron chi connectivity index (χ4n) is 5.85. The lowest BCUT2D eigenvalue weighted by Crippen LogP contribution is -2.40. The van der Waals surface area contributed by atoms with Crippen molar-refractivity contribution < 1.29 is 18.7 Å². The zero-order valence-electron chi connectivity index (χ0n) is 25.2. The van der Waals surface area contributed by atoms with Crippen LogP contribution >= 0.6 is 34.5 Å². The highest BCUT2D eigenvalue weighted by Crippen LogP contribution is 2.42. The van der Waals surface area contributed by atoms with Gasteiger partial charge < -0.3 is 13.9 Å². The minimum atomic E-state index is -0.916. The van der Waals surface area contributed by atoms with Crippen LogP contribution in [0.5, 0.6) is 5.75 Å². The number of ether oxygens (including phenoxy) is 2. The van der Waals surface area contributed by atoms with Gasteiger partial charge in [0, 0.05) is 22.8 Å². The SMILES string of the molecule is CCOC(=O)C1=C(c2ccccc2)N=c2s/c(=C\c3ccc(-c4cccc(Cl)c4Cl)o3)c(=O)n2C1c1c(OC)ccc2ccccc12. The van der Waals surface area contributed by atoms with Gasteiger partial charge in [-0.1, -0.05) is 101 Å². The molecule has 0 fully saturated rings. The van der Waals surface area contributed by atoms with Gasteiger partial charge in [-0.25, -0.2) is 9.79 Å². The van der Waals surface area contributed by atoms with Crippen LogP contribution in [0.2, 0.25) is 10.0 Å². The van der Waals surface area contributed by atoms with Crippen molar-refractivity contribution >= 4 is 63.1 Å². The first-order valence-corrected chi connectivity index (χ1v) is 16.3. The Balaban J connectivity index is 1.51. The van der Waals surface area contributed by atoms with Gasteiger partial charge in [0.1, 0.15) is 23.3 Å². The van der Waals surface area contributed by atoms with E-state index >= 15 is 0 Å². The number of methoxy groups -OCH3 is 1. The minimum absolute atomic E-state index is 0.145. The van der Waals surface area contributed by atoms with Crippen LogP contribution in [0.1, 0.15) is 29.9 Å². The maximum Gasteiger partial charge on any atom is 0.338 e. The van der Waals surface area contributed by atoms with Crippen LogP contribution < -0.4 is 19.6 Å². The molecule has 1 unspecified atom stereocenters. The molecule has 0 radical (unpaired) electrons. The Morgan fingerprint density at radius 3 is 2.55 bits per heavy atom. The summed E-state index contributed by atoms with van der Waals surface area (Å²) in [5, 5.41) is 2.54. The molecule has 7 rings (SSSR count). The van der Waals surface area contributed by atoms with Gasteiger partial charge in [-0.2, -0.15) is 0 Å². The first kappa shape index (κ1) is 30.7. The number of carbonyl (C=O) groups is 1. The molecule has 7 nitrogen and oxygen atoms in total. The molecule has 6 aromatic rings. The Hall–Kier alpha value is -4.89. The van der Waals surface area contributed by atoms with Crippen molar-refractivity contribution in [3.05, 3.63) is 149 Å². The monoisotopic (exact) mass is 680 g/mol. The van der Waals surface area contributed by atoms with Gasteiger partial charge >= 0.3 is 5.97 Å². The van der Waals surface area contributed by atoms with Gasteiger partial charge in [-0.05, 0) is 48.0 Å². The number of halogens is 2. The highest BCUT2D eigenvalue weighted by molar-refractivity contribution is 7.07. The number of benzene rings is 4. The molecule has 0 amide bonds. The van der Waals surface area contributed by atoms with E-state index < -0.39 is 12.0 Å². The molecule has 0 N–H and O–H groups in total. The number of furan rings is 1. The average Bonchev–Trinajstić information content (AvgIpc) is 3.68. The number of fused-ring (bicyclic) bond motifs is 2. The Bertz CT molecular complexity index is 2390. The van der Waals surface area contributed by atoms with Gasteiger partial charge in [0.2, 0.25) is 0 Å². The van der Waals surface area contributed by atoms with Crippen molar-refractivity contribution in [1.29, 1.82) is 0 Å². The van der Waals surface area contributed by atoms with Crippen molar-refractivity contribution in [2.24, 2.45) is 4.99 Å². The van der Waals surface area contributed by atoms with Gasteiger partial charge in [-0.3, -0.25) is 9.36 Å². The number of carbonyl (C=O) groups excluding carboxylic acids is 1. The van der Waals surface area contributed by atoms with Crippen LogP contribution in [0.15, 0.2) is 117 Å². The highest BCUT2D eigenvalue weighted by Gasteiger charge is 2.37. The maximum atomic E-state index is 14.5. The third kappa shape index (κ3) is 5.48. The molecule has 1 atom stereocenters. The molecular weight excluding hydrogens is 655 g/mol. The third-order valence-electron chi connectivity index (χ3n) is 7.91. The van der Waals surface area contributed by atoms with Gasteiger partial charge in [0.25, 0.3) is 5.56 Å². The molecule has 3 heterocycles. The molecule has 0 aliphatic carbocycles. The smallest absolute Gasteiger partial charge is 0.338 e. The summed E-state index contributed by atoms with van der Waals surface area (Å²) in [5.74, 6) is 0.895. The van der Waals surface area contributed by atoms with Crippen LogP contribution in [0.4, 0.5) is 0 Å². The minimum Gasteiger partial charge on any atom is -0.496 e. The summed E-state index contributed by atoms with van der Waals surface area (Å²) in [5.41, 5.74) is 2.32. The predicted octanol–water partition coefficient (Wildman–Crippen LogP) is 7.66. The topological polar surface area (TPSA) is 83.0 Å². The van der Waals surface area contributed by atoms with E-state index in [0.717, 1.165) is 10.8 Å². The summed E-state index contributed by atoms with van der Waals surface area (Å²) in [6.07, 6.45) is 1.67. The van der Waals surface area contributed by atoms with Gasteiger partial charge in [0.05, 0.1) is 39.6 Å². The number of nitrogens with zero attached hydrogens (tertiary/aromatic N) is 2. The van der Waals surface area contributed by atoms with E-state index in [-0.39, 0.29) is 17.7 Å². The Morgan fingerprint density at radius 2 is 1.77 bits per heavy atom. The quantitative estimate of drug-likeness (QED) is 0.162. The number of hydrogen-bond donors (Lipinski definition) is 0. The normalized spacial score (nSPS) is 14.6. The molecule has 0 spiro atoms. The molecule has 2 aromatic heterocycles. The van der Waals surface area contributed by atoms with E-state index in [0.29, 0.717) is 59.0 Å². The van der Waals surface area contributed by atoms with Crippen molar-refractivity contribution in [3.8, 4) is 17.1 Å². The molecule has 1 aliphatic heterocycles. The summed E-state index contributed by atoms with van der Waals surface area (Å²) in [4.78, 5) is 33.8. The van der Waals surface area contributed by atoms with Crippen molar-refractivity contribution in [2.75, 3.05) is 13.7 Å². The third-order valence-corrected chi connectivity index (χ3v) is 9.72. The van der Waals surface area contributed by atoms with Crippen LogP contribution in [-0.4, -0.2) is 24.3 Å². The lowest BCUT2D eigenvalue weighted by molar-refractivity contribution is -0.138. The second kappa shape index (κ2) is 12.7. The van der Waals surface area contributed by atoms with E-state index in [1.165, 1.54) is 11.3 Å². The van der Waals surface area contributed by atoms with Gasteiger partial charge in [-0.15, -0.1) is 0 Å². The second-order valence-corrected chi connectivity index (χ2v) is 12.4. The molecule has 4 aromatic carbocycles. The summed E-state index contributed by atoms with van der Waals surface area (Å²) in [6, 6.07) is 28.9. The van der Waals surface area contributed by atoms with Crippen molar-refractivity contribution in [2.45, 2.75) is 13.0 Å². The van der Waals surface area contributed by atoms with E-state index in [2.05, 4.69) is 0 Å². The Labute approximate surface area is 283 Å². The van der Waals surface area contributed by atoms with Crippen molar-refractivity contribution in [1.82, 2.24) is 4.57 Å². The first-order valence-electron chi connectivity index (χ1n) is 14.8. The zero-order chi connectivity index (χ0) is 32.7. The molecule has 10 heteroatoms. The predicted molar refractivity (Wildman–Crippen MR) is 186 cm³/mol. The van der Waals surface area contributed by atoms with Crippen LogP contribution in [-0.2, 0) is 9.53 Å². The number of hydrogen-bond acceptors (Lipinski definition) is 7. The Kier molecular flexibility index (Phi) is 8.32. The van der Waals surface area contributed by atoms with E-state index in [1.54, 1.807) is 48.9 Å². The summed E-state index contributed by atoms with van der Waals surface area (Å²) in [7, 11) is 1.57. The van der Waals surface area contributed by atoms with Gasteiger partial charge in [0.15, 0.2) is 4.80 Å². The second-order valence-electron chi connectivity index (χ2n) is 10.6. The lowest BCUT2D eigenvalue weighted by atomic mass is 9.89. The largest absolute Gasteiger partial charge is 0.496 e. The number of rotatable bonds is 7. The zero-order valence-corrected chi connectivity index (χ0v) is 27.5. The molecule has 1 aliphatic rings. The molecule has 234 valence electrons. The number of esters is 1. The molecule has 0 bridgehead atoms. The van der Waals surface area contributed by atoms with Crippen LogP contribution in [0.25, 0.3) is 33.9 Å². The van der Waals surface area contributed by atoms with E-state index in [4.69, 9.17) is 42.1 Å². The number of aromatic nitrogens is 1. The van der Waals surface area contributed by atoms with Crippen LogP contribution in [0.3, 0.4) is 0 Å². The average molecular weight is 682 g/mol. The molecule has 47 heavy (non-hydrogen) atoms. The van der Waals surface area contributed by atoms with Crippen molar-refractivity contribution in [3.63, 3.8) is 0 Å². The summed E-state index contributed by atoms with van der Waals surface area (Å²) >= 11 is 13.9. The molecular formula is C37H26Cl2N2O5S. The first-order chi connectivity index (χ1) is 22.9. The maximum absolute atomic E-state index is 14.5. The lowest BCUT2D eigenvalue weighted by Gasteiger charge is -2.28. The molecule has 0 saturated heterocycles. The van der Waals surface area contributed by atoms with E-state index in [1.807, 2.05) is 72.8 Å². The Morgan fingerprint density at radius 1 is 0.979 bits per heavy atom. The summed E-state index contributed by atoms with van der Waals surface area (Å²) in [6.45, 7) is 1.89. The summed E-state index contributed by atoms with van der Waals surface area (Å²) < 4.78 is 19.6. The van der Waals surface area contributed by atoms with Crippen LogP contribution in [0, 0.1) is 0 Å². The highest BCUT2D eigenvalue weighted by atomic mass is 35.5. The number of thiazole rings is 1.